The van der Waals surface area contributed by atoms with Crippen molar-refractivity contribution in [1.29, 1.82) is 0 Å². The molecule has 0 saturated heterocycles. The number of allylic oxidation sites excluding steroid dienone is 4. The first-order valence-electron chi connectivity index (χ1n) is 8.70. The number of benzene rings is 3. The van der Waals surface area contributed by atoms with Gasteiger partial charge in [0.25, 0.3) is 0 Å². The molecule has 0 unspecified atom stereocenters. The van der Waals surface area contributed by atoms with Gasteiger partial charge in [0.15, 0.2) is 0 Å². The summed E-state index contributed by atoms with van der Waals surface area (Å²) in [5.74, 6) is 2.93. The molecule has 0 aliphatic heterocycles. The van der Waals surface area contributed by atoms with E-state index in [1.54, 1.807) is 11.1 Å². The van der Waals surface area contributed by atoms with Crippen LogP contribution in [0.4, 0.5) is 0 Å². The normalized spacial score (nSPS) is 30.1. The SMILES string of the molecule is C1=C[C@@H]2[C@H](C=C1)[C@@H]1C[C@H]2c2cc3cc4ccccc4cc3cc21. The van der Waals surface area contributed by atoms with Gasteiger partial charge in [-0.3, -0.25) is 0 Å². The van der Waals surface area contributed by atoms with E-state index in [1.165, 1.54) is 28.0 Å². The molecule has 3 aromatic carbocycles. The fourth-order valence-corrected chi connectivity index (χ4v) is 5.37. The predicted octanol–water partition coefficient (Wildman–Crippen LogP) is 5.94. The van der Waals surface area contributed by atoms with Gasteiger partial charge < -0.3 is 0 Å². The van der Waals surface area contributed by atoms with Crippen molar-refractivity contribution in [3.05, 3.63) is 84.0 Å². The van der Waals surface area contributed by atoms with Crippen LogP contribution in [0.2, 0.25) is 0 Å². The molecule has 3 aliphatic carbocycles. The van der Waals surface area contributed by atoms with Gasteiger partial charge >= 0.3 is 0 Å². The van der Waals surface area contributed by atoms with Crippen LogP contribution in [0, 0.1) is 11.8 Å². The molecule has 23 heavy (non-hydrogen) atoms. The molecule has 0 spiro atoms. The summed E-state index contributed by atoms with van der Waals surface area (Å²) in [6.07, 6.45) is 10.7. The first kappa shape index (κ1) is 12.1. The van der Waals surface area contributed by atoms with Crippen molar-refractivity contribution in [2.75, 3.05) is 0 Å². The van der Waals surface area contributed by atoms with Gasteiger partial charge in [-0.1, -0.05) is 60.7 Å². The van der Waals surface area contributed by atoms with Crippen LogP contribution < -0.4 is 0 Å². The van der Waals surface area contributed by atoms with E-state index < -0.39 is 0 Å². The van der Waals surface area contributed by atoms with Crippen molar-refractivity contribution >= 4 is 21.5 Å². The first-order chi connectivity index (χ1) is 11.4. The molecule has 0 amide bonds. The monoisotopic (exact) mass is 294 g/mol. The Kier molecular flexibility index (Phi) is 2.18. The zero-order chi connectivity index (χ0) is 15.0. The summed E-state index contributed by atoms with van der Waals surface area (Å²) >= 11 is 0. The highest BCUT2D eigenvalue weighted by Crippen LogP contribution is 2.61. The maximum Gasteiger partial charge on any atom is -0.00839 e. The lowest BCUT2D eigenvalue weighted by atomic mass is 9.73. The number of fused-ring (bicyclic) bond motifs is 10. The molecule has 0 nitrogen and oxygen atoms in total. The summed E-state index contributed by atoms with van der Waals surface area (Å²) in [5, 5.41) is 5.51. The summed E-state index contributed by atoms with van der Waals surface area (Å²) in [4.78, 5) is 0. The Labute approximate surface area is 136 Å². The van der Waals surface area contributed by atoms with E-state index >= 15 is 0 Å². The van der Waals surface area contributed by atoms with Gasteiger partial charge in [-0.25, -0.2) is 0 Å². The Morgan fingerprint density at radius 3 is 1.65 bits per heavy atom. The second-order valence-corrected chi connectivity index (χ2v) is 7.40. The first-order valence-corrected chi connectivity index (χ1v) is 8.70. The van der Waals surface area contributed by atoms with Crippen LogP contribution in [0.3, 0.4) is 0 Å². The zero-order valence-corrected chi connectivity index (χ0v) is 12.9. The molecule has 4 atom stereocenters. The third-order valence-electron chi connectivity index (χ3n) is 6.36. The van der Waals surface area contributed by atoms with Gasteiger partial charge in [-0.2, -0.15) is 0 Å². The number of rotatable bonds is 0. The fourth-order valence-electron chi connectivity index (χ4n) is 5.37. The van der Waals surface area contributed by atoms with Crippen LogP contribution in [0.25, 0.3) is 21.5 Å². The van der Waals surface area contributed by atoms with Crippen LogP contribution in [0.1, 0.15) is 29.4 Å². The van der Waals surface area contributed by atoms with E-state index in [-0.39, 0.29) is 0 Å². The van der Waals surface area contributed by atoms with E-state index in [4.69, 9.17) is 0 Å². The highest BCUT2D eigenvalue weighted by atomic mass is 14.5. The second-order valence-electron chi connectivity index (χ2n) is 7.40. The summed E-state index contributed by atoms with van der Waals surface area (Å²) in [6.45, 7) is 0. The Morgan fingerprint density at radius 2 is 1.13 bits per heavy atom. The standard InChI is InChI=1S/C23H18/c1-2-6-15-10-17-12-21-20(11-16(17)9-14(15)5-1)22-13-23(21)19-8-4-3-7-18(19)22/h1-12,18-19,22-23H,13H2/t18-,19+,22-,23+. The van der Waals surface area contributed by atoms with E-state index in [2.05, 4.69) is 72.8 Å². The largest absolute Gasteiger partial charge is 0.0802 e. The van der Waals surface area contributed by atoms with Crippen molar-refractivity contribution in [2.45, 2.75) is 18.3 Å². The maximum absolute atomic E-state index is 2.49. The topological polar surface area (TPSA) is 0 Å². The molecular formula is C23H18. The van der Waals surface area contributed by atoms with Crippen molar-refractivity contribution < 1.29 is 0 Å². The number of hydrogen-bond acceptors (Lipinski definition) is 0. The lowest BCUT2D eigenvalue weighted by molar-refractivity contribution is 0.460. The molecule has 0 heterocycles. The minimum Gasteiger partial charge on any atom is -0.0802 e. The van der Waals surface area contributed by atoms with Crippen LogP contribution >= 0.6 is 0 Å². The van der Waals surface area contributed by atoms with Crippen LogP contribution in [0.5, 0.6) is 0 Å². The van der Waals surface area contributed by atoms with Gasteiger partial charge in [0.2, 0.25) is 0 Å². The highest BCUT2D eigenvalue weighted by molar-refractivity contribution is 5.99. The maximum atomic E-state index is 2.49. The molecule has 3 aliphatic rings. The Hall–Kier alpha value is -2.34. The number of hydrogen-bond donors (Lipinski definition) is 0. The van der Waals surface area contributed by atoms with Crippen molar-refractivity contribution in [3.8, 4) is 0 Å². The third-order valence-corrected chi connectivity index (χ3v) is 6.36. The fraction of sp³-hybridized carbons (Fsp3) is 0.217. The predicted molar refractivity (Wildman–Crippen MR) is 96.8 cm³/mol. The molecule has 6 rings (SSSR count). The average molecular weight is 294 g/mol. The highest BCUT2D eigenvalue weighted by Gasteiger charge is 2.49. The summed E-state index contributed by atoms with van der Waals surface area (Å²) in [6, 6.07) is 18.4. The summed E-state index contributed by atoms with van der Waals surface area (Å²) in [7, 11) is 0. The minimum absolute atomic E-state index is 0.732. The second kappa shape index (κ2) is 4.14. The lowest BCUT2D eigenvalue weighted by Gasteiger charge is -2.30. The quantitative estimate of drug-likeness (QED) is 0.450. The van der Waals surface area contributed by atoms with Crippen molar-refractivity contribution in [3.63, 3.8) is 0 Å². The summed E-state index contributed by atoms with van der Waals surface area (Å²) < 4.78 is 0. The Bertz CT molecular complexity index is 939. The molecule has 0 N–H and O–H groups in total. The molecule has 1 fully saturated rings. The lowest BCUT2D eigenvalue weighted by Crippen LogP contribution is -2.19. The van der Waals surface area contributed by atoms with Gasteiger partial charge in [-0.15, -0.1) is 0 Å². The Morgan fingerprint density at radius 1 is 0.609 bits per heavy atom. The van der Waals surface area contributed by atoms with Crippen molar-refractivity contribution in [1.82, 2.24) is 0 Å². The molecule has 0 aromatic heterocycles. The molecule has 1 saturated carbocycles. The molecule has 110 valence electrons. The third kappa shape index (κ3) is 1.51. The van der Waals surface area contributed by atoms with Crippen molar-refractivity contribution in [2.24, 2.45) is 11.8 Å². The molecular weight excluding hydrogens is 276 g/mol. The van der Waals surface area contributed by atoms with E-state index in [1.807, 2.05) is 0 Å². The zero-order valence-electron chi connectivity index (χ0n) is 12.9. The van der Waals surface area contributed by atoms with Gasteiger partial charge in [0, 0.05) is 0 Å². The van der Waals surface area contributed by atoms with E-state index in [0.717, 1.165) is 23.7 Å². The average Bonchev–Trinajstić information content (AvgIpc) is 3.15. The summed E-state index contributed by atoms with van der Waals surface area (Å²) in [5.41, 5.74) is 3.25. The van der Waals surface area contributed by atoms with E-state index in [9.17, 15) is 0 Å². The van der Waals surface area contributed by atoms with Crippen LogP contribution in [0.15, 0.2) is 72.8 Å². The molecule has 0 heteroatoms. The molecule has 3 aromatic rings. The van der Waals surface area contributed by atoms with Gasteiger partial charge in [0.1, 0.15) is 0 Å². The van der Waals surface area contributed by atoms with Gasteiger partial charge in [0.05, 0.1) is 0 Å². The van der Waals surface area contributed by atoms with Crippen LogP contribution in [-0.2, 0) is 0 Å². The van der Waals surface area contributed by atoms with E-state index in [0.29, 0.717) is 0 Å². The molecule has 2 bridgehead atoms. The minimum atomic E-state index is 0.732. The Balaban J connectivity index is 1.62. The van der Waals surface area contributed by atoms with Crippen LogP contribution in [-0.4, -0.2) is 0 Å². The molecule has 0 radical (unpaired) electrons. The smallest absolute Gasteiger partial charge is 0.00839 e. The van der Waals surface area contributed by atoms with Gasteiger partial charge in [-0.05, 0) is 74.9 Å².